The van der Waals surface area contributed by atoms with E-state index in [1.165, 1.54) is 0 Å². The van der Waals surface area contributed by atoms with Crippen molar-refractivity contribution >= 4 is 11.6 Å². The van der Waals surface area contributed by atoms with Crippen molar-refractivity contribution in [3.8, 4) is 0 Å². The molecule has 0 aliphatic rings. The van der Waals surface area contributed by atoms with Crippen LogP contribution in [0.4, 0.5) is 4.39 Å². The second-order valence-corrected chi connectivity index (χ2v) is 3.36. The molecule has 1 N–H and O–H groups in total. The van der Waals surface area contributed by atoms with Gasteiger partial charge in [-0.1, -0.05) is 23.7 Å². The maximum absolute atomic E-state index is 11.8. The minimum Gasteiger partial charge on any atom is -0.310 e. The standard InChI is InChI=1S/C10H13ClFN/c1-8-6-9(2-3-10(8)11)7-13-5-4-12/h2-3,6,13H,4-5,7H2,1H3. The normalized spacial score (nSPS) is 10.4. The fraction of sp³-hybridized carbons (Fsp3) is 0.400. The summed E-state index contributed by atoms with van der Waals surface area (Å²) in [7, 11) is 0. The number of benzene rings is 1. The maximum Gasteiger partial charge on any atom is 0.102 e. The van der Waals surface area contributed by atoms with Crippen molar-refractivity contribution in [2.24, 2.45) is 0 Å². The van der Waals surface area contributed by atoms with E-state index in [9.17, 15) is 4.39 Å². The van der Waals surface area contributed by atoms with Crippen molar-refractivity contribution in [1.29, 1.82) is 0 Å². The molecule has 13 heavy (non-hydrogen) atoms. The van der Waals surface area contributed by atoms with E-state index >= 15 is 0 Å². The van der Waals surface area contributed by atoms with Gasteiger partial charge in [0.1, 0.15) is 6.67 Å². The van der Waals surface area contributed by atoms with Crippen molar-refractivity contribution in [3.63, 3.8) is 0 Å². The molecule has 1 aromatic carbocycles. The van der Waals surface area contributed by atoms with E-state index in [1.807, 2.05) is 25.1 Å². The Bertz CT molecular complexity index is 276. The Morgan fingerprint density at radius 3 is 2.85 bits per heavy atom. The predicted octanol–water partition coefficient (Wildman–Crippen LogP) is 2.71. The summed E-state index contributed by atoms with van der Waals surface area (Å²) in [5.41, 5.74) is 2.19. The van der Waals surface area contributed by atoms with Gasteiger partial charge in [-0.25, -0.2) is 4.39 Å². The lowest BCUT2D eigenvalue weighted by atomic mass is 10.1. The van der Waals surface area contributed by atoms with Gasteiger partial charge in [-0.2, -0.15) is 0 Å². The Balaban J connectivity index is 2.53. The highest BCUT2D eigenvalue weighted by Gasteiger charge is 1.96. The molecular weight excluding hydrogens is 189 g/mol. The highest BCUT2D eigenvalue weighted by Crippen LogP contribution is 2.15. The van der Waals surface area contributed by atoms with Gasteiger partial charge in [0.05, 0.1) is 0 Å². The summed E-state index contributed by atoms with van der Waals surface area (Å²) in [6.45, 7) is 2.73. The number of halogens is 2. The van der Waals surface area contributed by atoms with E-state index in [-0.39, 0.29) is 6.67 Å². The SMILES string of the molecule is Cc1cc(CNCCF)ccc1Cl. The number of nitrogens with one attached hydrogen (secondary N) is 1. The molecule has 0 atom stereocenters. The van der Waals surface area contributed by atoms with E-state index in [0.717, 1.165) is 16.1 Å². The molecule has 0 aliphatic heterocycles. The fourth-order valence-corrected chi connectivity index (χ4v) is 1.23. The van der Waals surface area contributed by atoms with Crippen LogP contribution in [-0.2, 0) is 6.54 Å². The van der Waals surface area contributed by atoms with Crippen LogP contribution in [-0.4, -0.2) is 13.2 Å². The minimum atomic E-state index is -0.327. The first kappa shape index (κ1) is 10.5. The van der Waals surface area contributed by atoms with Crippen LogP contribution >= 0.6 is 11.6 Å². The average molecular weight is 202 g/mol. The minimum absolute atomic E-state index is 0.327. The van der Waals surface area contributed by atoms with Gasteiger partial charge in [-0.15, -0.1) is 0 Å². The molecule has 0 radical (unpaired) electrons. The molecule has 72 valence electrons. The summed E-state index contributed by atoms with van der Waals surface area (Å²) < 4.78 is 11.8. The van der Waals surface area contributed by atoms with E-state index < -0.39 is 0 Å². The summed E-state index contributed by atoms with van der Waals surface area (Å²) in [5, 5.41) is 3.75. The summed E-state index contributed by atoms with van der Waals surface area (Å²) in [6, 6.07) is 5.82. The van der Waals surface area contributed by atoms with Crippen LogP contribution in [0.3, 0.4) is 0 Å². The third-order valence-corrected chi connectivity index (χ3v) is 2.25. The zero-order valence-corrected chi connectivity index (χ0v) is 8.37. The molecule has 0 bridgehead atoms. The van der Waals surface area contributed by atoms with Crippen molar-refractivity contribution in [2.45, 2.75) is 13.5 Å². The Kier molecular flexibility index (Phi) is 4.19. The molecule has 0 saturated carbocycles. The van der Waals surface area contributed by atoms with E-state index in [0.29, 0.717) is 13.1 Å². The van der Waals surface area contributed by atoms with E-state index in [4.69, 9.17) is 11.6 Å². The second-order valence-electron chi connectivity index (χ2n) is 2.95. The molecule has 0 saturated heterocycles. The number of hydrogen-bond acceptors (Lipinski definition) is 1. The molecule has 0 unspecified atom stereocenters. The van der Waals surface area contributed by atoms with Gasteiger partial charge in [-0.3, -0.25) is 0 Å². The third kappa shape index (κ3) is 3.33. The largest absolute Gasteiger partial charge is 0.310 e. The molecule has 0 fully saturated rings. The molecular formula is C10H13ClFN. The van der Waals surface area contributed by atoms with Gasteiger partial charge in [0.25, 0.3) is 0 Å². The first-order chi connectivity index (χ1) is 6.24. The van der Waals surface area contributed by atoms with E-state index in [1.54, 1.807) is 0 Å². The van der Waals surface area contributed by atoms with Crippen LogP contribution in [0, 0.1) is 6.92 Å². The van der Waals surface area contributed by atoms with Crippen LogP contribution in [0.2, 0.25) is 5.02 Å². The zero-order valence-electron chi connectivity index (χ0n) is 7.61. The monoisotopic (exact) mass is 201 g/mol. The third-order valence-electron chi connectivity index (χ3n) is 1.82. The van der Waals surface area contributed by atoms with Crippen molar-refractivity contribution in [2.75, 3.05) is 13.2 Å². The quantitative estimate of drug-likeness (QED) is 0.739. The van der Waals surface area contributed by atoms with Gasteiger partial charge >= 0.3 is 0 Å². The van der Waals surface area contributed by atoms with Crippen molar-refractivity contribution in [1.82, 2.24) is 5.32 Å². The van der Waals surface area contributed by atoms with E-state index in [2.05, 4.69) is 5.32 Å². The second kappa shape index (κ2) is 5.20. The first-order valence-corrected chi connectivity index (χ1v) is 4.63. The summed E-state index contributed by atoms with van der Waals surface area (Å²) in [5.74, 6) is 0. The lowest BCUT2D eigenvalue weighted by Crippen LogP contribution is -2.15. The Hall–Kier alpha value is -0.600. The lowest BCUT2D eigenvalue weighted by molar-refractivity contribution is 0.467. The molecule has 1 rings (SSSR count). The summed E-state index contributed by atoms with van der Waals surface area (Å²) in [4.78, 5) is 0. The topological polar surface area (TPSA) is 12.0 Å². The molecule has 0 amide bonds. The van der Waals surface area contributed by atoms with Crippen LogP contribution in [0.5, 0.6) is 0 Å². The molecule has 0 aromatic heterocycles. The Morgan fingerprint density at radius 2 is 2.23 bits per heavy atom. The number of alkyl halides is 1. The van der Waals surface area contributed by atoms with Gasteiger partial charge in [-0.05, 0) is 24.1 Å². The van der Waals surface area contributed by atoms with Crippen molar-refractivity contribution in [3.05, 3.63) is 34.3 Å². The average Bonchev–Trinajstić information content (AvgIpc) is 2.12. The van der Waals surface area contributed by atoms with Crippen LogP contribution < -0.4 is 5.32 Å². The van der Waals surface area contributed by atoms with Gasteiger partial charge < -0.3 is 5.32 Å². The molecule has 3 heteroatoms. The molecule has 0 spiro atoms. The van der Waals surface area contributed by atoms with Gasteiger partial charge in [0.15, 0.2) is 0 Å². The van der Waals surface area contributed by atoms with Crippen LogP contribution in [0.15, 0.2) is 18.2 Å². The predicted molar refractivity (Wildman–Crippen MR) is 53.9 cm³/mol. The van der Waals surface area contributed by atoms with Gasteiger partial charge in [0, 0.05) is 18.1 Å². The Labute approximate surface area is 82.9 Å². The molecule has 0 heterocycles. The lowest BCUT2D eigenvalue weighted by Gasteiger charge is -2.04. The maximum atomic E-state index is 11.8. The first-order valence-electron chi connectivity index (χ1n) is 4.25. The molecule has 1 aromatic rings. The molecule has 0 aliphatic carbocycles. The Morgan fingerprint density at radius 1 is 1.46 bits per heavy atom. The number of rotatable bonds is 4. The smallest absolute Gasteiger partial charge is 0.102 e. The van der Waals surface area contributed by atoms with Crippen LogP contribution in [0.25, 0.3) is 0 Å². The van der Waals surface area contributed by atoms with Gasteiger partial charge in [0.2, 0.25) is 0 Å². The summed E-state index contributed by atoms with van der Waals surface area (Å²) in [6.07, 6.45) is 0. The number of hydrogen-bond donors (Lipinski definition) is 1. The molecule has 1 nitrogen and oxygen atoms in total. The zero-order chi connectivity index (χ0) is 9.68. The number of aryl methyl sites for hydroxylation is 1. The summed E-state index contributed by atoms with van der Waals surface area (Å²) >= 11 is 5.86. The highest BCUT2D eigenvalue weighted by atomic mass is 35.5. The highest BCUT2D eigenvalue weighted by molar-refractivity contribution is 6.31. The van der Waals surface area contributed by atoms with Crippen LogP contribution in [0.1, 0.15) is 11.1 Å². The fourth-order valence-electron chi connectivity index (χ4n) is 1.12. The van der Waals surface area contributed by atoms with Crippen molar-refractivity contribution < 1.29 is 4.39 Å².